The van der Waals surface area contributed by atoms with E-state index in [1.54, 1.807) is 18.2 Å². The molecule has 6 nitrogen and oxygen atoms in total. The number of nitrogens with one attached hydrogen (secondary N) is 1. The lowest BCUT2D eigenvalue weighted by molar-refractivity contribution is 0.102. The summed E-state index contributed by atoms with van der Waals surface area (Å²) in [5, 5.41) is 11.0. The van der Waals surface area contributed by atoms with Gasteiger partial charge in [-0.3, -0.25) is 10.1 Å². The maximum atomic E-state index is 12.2. The van der Waals surface area contributed by atoms with Gasteiger partial charge in [-0.05, 0) is 31.4 Å². The number of aromatic nitrogens is 2. The molecule has 8 heteroatoms. The molecule has 1 heterocycles. The van der Waals surface area contributed by atoms with E-state index in [2.05, 4.69) is 15.5 Å². The molecule has 0 atom stereocenters. The van der Waals surface area contributed by atoms with Crippen LogP contribution in [0.2, 0.25) is 0 Å². The number of carbonyl (C=O) groups excluding carboxylic acids is 1. The van der Waals surface area contributed by atoms with Crippen molar-refractivity contribution in [2.75, 3.05) is 25.3 Å². The molecule has 0 spiro atoms. The standard InChI is InChI=1S/C13H15N3O3S2/c1-4-19-9-6-5-8(7-10(9)18-2)11(17)14-12-15-16-13(20-3)21-12/h5-7H,4H2,1-3H3,(H,14,15,17). The topological polar surface area (TPSA) is 73.3 Å². The Balaban J connectivity index is 2.15. The van der Waals surface area contributed by atoms with Crippen molar-refractivity contribution in [3.05, 3.63) is 23.8 Å². The number of methoxy groups -OCH3 is 1. The predicted molar refractivity (Wildman–Crippen MR) is 83.8 cm³/mol. The number of carbonyl (C=O) groups is 1. The summed E-state index contributed by atoms with van der Waals surface area (Å²) in [7, 11) is 1.54. The molecule has 2 aromatic rings. The van der Waals surface area contributed by atoms with E-state index < -0.39 is 0 Å². The summed E-state index contributed by atoms with van der Waals surface area (Å²) in [5.74, 6) is 0.865. The first-order chi connectivity index (χ1) is 10.2. The summed E-state index contributed by atoms with van der Waals surface area (Å²) in [5.41, 5.74) is 0.469. The molecule has 0 aliphatic carbocycles. The van der Waals surface area contributed by atoms with Gasteiger partial charge in [0.25, 0.3) is 5.91 Å². The van der Waals surface area contributed by atoms with E-state index in [-0.39, 0.29) is 5.91 Å². The number of benzene rings is 1. The van der Waals surface area contributed by atoms with Crippen molar-refractivity contribution >= 4 is 34.1 Å². The number of ether oxygens (including phenoxy) is 2. The van der Waals surface area contributed by atoms with Crippen molar-refractivity contribution in [3.63, 3.8) is 0 Å². The Morgan fingerprint density at radius 2 is 2.19 bits per heavy atom. The molecule has 2 rings (SSSR count). The van der Waals surface area contributed by atoms with Crippen molar-refractivity contribution in [2.45, 2.75) is 11.3 Å². The van der Waals surface area contributed by atoms with Gasteiger partial charge in [0.15, 0.2) is 15.8 Å². The number of hydrogen-bond donors (Lipinski definition) is 1. The minimum absolute atomic E-state index is 0.264. The smallest absolute Gasteiger partial charge is 0.257 e. The summed E-state index contributed by atoms with van der Waals surface area (Å²) in [6.45, 7) is 2.42. The zero-order valence-corrected chi connectivity index (χ0v) is 13.5. The highest BCUT2D eigenvalue weighted by molar-refractivity contribution is 8.00. The fourth-order valence-corrected chi connectivity index (χ4v) is 2.76. The van der Waals surface area contributed by atoms with E-state index in [9.17, 15) is 4.79 Å². The molecule has 0 radical (unpaired) electrons. The van der Waals surface area contributed by atoms with Gasteiger partial charge in [-0.2, -0.15) is 0 Å². The maximum absolute atomic E-state index is 12.2. The van der Waals surface area contributed by atoms with Crippen LogP contribution in [-0.2, 0) is 0 Å². The quantitative estimate of drug-likeness (QED) is 0.650. The van der Waals surface area contributed by atoms with Crippen LogP contribution < -0.4 is 14.8 Å². The van der Waals surface area contributed by atoms with E-state index >= 15 is 0 Å². The molecule has 112 valence electrons. The van der Waals surface area contributed by atoms with Crippen LogP contribution in [-0.4, -0.2) is 36.1 Å². The summed E-state index contributed by atoms with van der Waals surface area (Å²) < 4.78 is 11.4. The fraction of sp³-hybridized carbons (Fsp3) is 0.308. The summed E-state index contributed by atoms with van der Waals surface area (Å²) in [6.07, 6.45) is 1.91. The van der Waals surface area contributed by atoms with Gasteiger partial charge in [-0.25, -0.2) is 0 Å². The second-order valence-corrected chi connectivity index (χ2v) is 5.86. The molecule has 1 amide bonds. The minimum atomic E-state index is -0.264. The lowest BCUT2D eigenvalue weighted by Gasteiger charge is -2.10. The molecule has 1 aromatic carbocycles. The van der Waals surface area contributed by atoms with Gasteiger partial charge in [-0.1, -0.05) is 23.1 Å². The first kappa shape index (κ1) is 15.6. The molecule has 0 saturated heterocycles. The van der Waals surface area contributed by atoms with Crippen LogP contribution in [0.1, 0.15) is 17.3 Å². The predicted octanol–water partition coefficient (Wildman–Crippen LogP) is 2.92. The first-order valence-corrected chi connectivity index (χ1v) is 8.21. The van der Waals surface area contributed by atoms with Crippen LogP contribution in [0.15, 0.2) is 22.5 Å². The number of nitrogens with zero attached hydrogens (tertiary/aromatic N) is 2. The maximum Gasteiger partial charge on any atom is 0.257 e. The zero-order valence-electron chi connectivity index (χ0n) is 11.9. The van der Waals surface area contributed by atoms with Gasteiger partial charge >= 0.3 is 0 Å². The third kappa shape index (κ3) is 3.85. The average molecular weight is 325 g/mol. The van der Waals surface area contributed by atoms with Gasteiger partial charge in [0, 0.05) is 5.56 Å². The lowest BCUT2D eigenvalue weighted by atomic mass is 10.2. The zero-order chi connectivity index (χ0) is 15.2. The molecule has 1 aromatic heterocycles. The summed E-state index contributed by atoms with van der Waals surface area (Å²) in [6, 6.07) is 5.03. The molecule has 1 N–H and O–H groups in total. The third-order valence-corrected chi connectivity index (χ3v) is 4.34. The average Bonchev–Trinajstić information content (AvgIpc) is 2.95. The Morgan fingerprint density at radius 3 is 2.81 bits per heavy atom. The Hall–Kier alpha value is -1.80. The molecule has 0 aliphatic rings. The van der Waals surface area contributed by atoms with Crippen LogP contribution >= 0.6 is 23.1 Å². The van der Waals surface area contributed by atoms with Gasteiger partial charge in [0.2, 0.25) is 5.13 Å². The minimum Gasteiger partial charge on any atom is -0.493 e. The Kier molecular flexibility index (Phi) is 5.40. The first-order valence-electron chi connectivity index (χ1n) is 6.17. The molecule has 0 aliphatic heterocycles. The highest BCUT2D eigenvalue weighted by Crippen LogP contribution is 2.29. The fourth-order valence-electron chi connectivity index (χ4n) is 1.60. The second-order valence-electron chi connectivity index (χ2n) is 3.83. The van der Waals surface area contributed by atoms with Crippen molar-refractivity contribution in [1.29, 1.82) is 0 Å². The Labute approximate surface area is 130 Å². The normalized spacial score (nSPS) is 10.2. The SMILES string of the molecule is CCOc1ccc(C(=O)Nc2nnc(SC)s2)cc1OC. The van der Waals surface area contributed by atoms with Crippen molar-refractivity contribution in [3.8, 4) is 11.5 Å². The van der Waals surface area contributed by atoms with Crippen LogP contribution in [0.5, 0.6) is 11.5 Å². The van der Waals surface area contributed by atoms with Crippen LogP contribution in [0.3, 0.4) is 0 Å². The highest BCUT2D eigenvalue weighted by Gasteiger charge is 2.13. The second kappa shape index (κ2) is 7.28. The van der Waals surface area contributed by atoms with E-state index in [4.69, 9.17) is 9.47 Å². The number of anilines is 1. The largest absolute Gasteiger partial charge is 0.493 e. The molecule has 0 fully saturated rings. The monoisotopic (exact) mass is 325 g/mol. The van der Waals surface area contributed by atoms with Crippen molar-refractivity contribution in [2.24, 2.45) is 0 Å². The van der Waals surface area contributed by atoms with E-state index in [0.29, 0.717) is 28.8 Å². The number of thioether (sulfide) groups is 1. The lowest BCUT2D eigenvalue weighted by Crippen LogP contribution is -2.12. The number of hydrogen-bond acceptors (Lipinski definition) is 7. The van der Waals surface area contributed by atoms with E-state index in [1.165, 1.54) is 30.2 Å². The number of rotatable bonds is 6. The van der Waals surface area contributed by atoms with Gasteiger partial charge < -0.3 is 9.47 Å². The summed E-state index contributed by atoms with van der Waals surface area (Å²) >= 11 is 2.81. The van der Waals surface area contributed by atoms with Gasteiger partial charge in [0.05, 0.1) is 13.7 Å². The Morgan fingerprint density at radius 1 is 1.38 bits per heavy atom. The van der Waals surface area contributed by atoms with Crippen molar-refractivity contribution < 1.29 is 14.3 Å². The molecular formula is C13H15N3O3S2. The molecule has 21 heavy (non-hydrogen) atoms. The molecule has 0 bridgehead atoms. The van der Waals surface area contributed by atoms with Crippen molar-refractivity contribution in [1.82, 2.24) is 10.2 Å². The molecule has 0 unspecified atom stereocenters. The summed E-state index contributed by atoms with van der Waals surface area (Å²) in [4.78, 5) is 12.2. The number of amides is 1. The van der Waals surface area contributed by atoms with Gasteiger partial charge in [0.1, 0.15) is 0 Å². The van der Waals surface area contributed by atoms with Crippen LogP contribution in [0, 0.1) is 0 Å². The van der Waals surface area contributed by atoms with E-state index in [1.807, 2.05) is 13.2 Å². The van der Waals surface area contributed by atoms with Gasteiger partial charge in [-0.15, -0.1) is 10.2 Å². The third-order valence-electron chi connectivity index (χ3n) is 2.53. The van der Waals surface area contributed by atoms with Crippen LogP contribution in [0.4, 0.5) is 5.13 Å². The molecular weight excluding hydrogens is 310 g/mol. The highest BCUT2D eigenvalue weighted by atomic mass is 32.2. The molecule has 0 saturated carbocycles. The van der Waals surface area contributed by atoms with E-state index in [0.717, 1.165) is 4.34 Å². The van der Waals surface area contributed by atoms with Crippen LogP contribution in [0.25, 0.3) is 0 Å². The Bertz CT molecular complexity index is 631.